The molecule has 5 rings (SSSR count). The van der Waals surface area contributed by atoms with Crippen LogP contribution in [0.15, 0.2) is 108 Å². The zero-order chi connectivity index (χ0) is 26.3. The van der Waals surface area contributed by atoms with Crippen LogP contribution in [-0.4, -0.2) is 29.0 Å². The van der Waals surface area contributed by atoms with Crippen molar-refractivity contribution in [2.24, 2.45) is 5.10 Å². The summed E-state index contributed by atoms with van der Waals surface area (Å²) in [5.41, 5.74) is 10.0. The molecule has 0 atom stereocenters. The van der Waals surface area contributed by atoms with E-state index in [1.165, 1.54) is 16.7 Å². The van der Waals surface area contributed by atoms with E-state index in [9.17, 15) is 9.59 Å². The number of amides is 2. The maximum atomic E-state index is 12.7. The molecular weight excluding hydrogens is 472 g/mol. The number of fused-ring (bicyclic) bond motifs is 1. The van der Waals surface area contributed by atoms with Gasteiger partial charge in [0.15, 0.2) is 0 Å². The highest BCUT2D eigenvalue weighted by molar-refractivity contribution is 6.05. The number of hydrogen-bond donors (Lipinski definition) is 2. The van der Waals surface area contributed by atoms with E-state index in [0.717, 1.165) is 31.6 Å². The highest BCUT2D eigenvalue weighted by Gasteiger charge is 2.16. The zero-order valence-corrected chi connectivity index (χ0v) is 21.4. The van der Waals surface area contributed by atoms with Gasteiger partial charge >= 0.3 is 0 Å². The molecule has 2 N–H and O–H groups in total. The molecule has 1 heterocycles. The first-order valence-corrected chi connectivity index (χ1v) is 12.7. The summed E-state index contributed by atoms with van der Waals surface area (Å²) < 4.78 is 0. The van der Waals surface area contributed by atoms with E-state index in [1.54, 1.807) is 12.1 Å². The van der Waals surface area contributed by atoms with Gasteiger partial charge in [-0.05, 0) is 72.0 Å². The van der Waals surface area contributed by atoms with Crippen molar-refractivity contribution in [2.45, 2.75) is 26.4 Å². The highest BCUT2D eigenvalue weighted by Crippen LogP contribution is 2.20. The van der Waals surface area contributed by atoms with E-state index in [1.807, 2.05) is 73.7 Å². The van der Waals surface area contributed by atoms with Crippen molar-refractivity contribution in [2.75, 3.05) is 11.9 Å². The third kappa shape index (κ3) is 6.22. The van der Waals surface area contributed by atoms with Crippen LogP contribution in [0.1, 0.15) is 49.9 Å². The fourth-order valence-corrected chi connectivity index (χ4v) is 4.56. The summed E-state index contributed by atoms with van der Waals surface area (Å²) in [4.78, 5) is 27.4. The predicted molar refractivity (Wildman–Crippen MR) is 151 cm³/mol. The Morgan fingerprint density at radius 2 is 1.37 bits per heavy atom. The van der Waals surface area contributed by atoms with Gasteiger partial charge in [-0.2, -0.15) is 5.10 Å². The van der Waals surface area contributed by atoms with Gasteiger partial charge in [0.2, 0.25) is 0 Å². The number of anilines is 1. The average Bonchev–Trinajstić information content (AvgIpc) is 2.97. The number of hydrogen-bond acceptors (Lipinski definition) is 4. The second-order valence-electron chi connectivity index (χ2n) is 9.46. The van der Waals surface area contributed by atoms with E-state index in [0.29, 0.717) is 22.5 Å². The Balaban J connectivity index is 1.13. The first-order chi connectivity index (χ1) is 18.5. The first-order valence-electron chi connectivity index (χ1n) is 12.7. The largest absolute Gasteiger partial charge is 0.322 e. The monoisotopic (exact) mass is 502 g/mol. The van der Waals surface area contributed by atoms with Crippen LogP contribution in [-0.2, 0) is 19.5 Å². The minimum absolute atomic E-state index is 0.164. The summed E-state index contributed by atoms with van der Waals surface area (Å²) >= 11 is 0. The van der Waals surface area contributed by atoms with Gasteiger partial charge in [-0.3, -0.25) is 14.5 Å². The van der Waals surface area contributed by atoms with Gasteiger partial charge < -0.3 is 5.32 Å². The van der Waals surface area contributed by atoms with Crippen LogP contribution in [0.25, 0.3) is 0 Å². The molecule has 0 saturated heterocycles. The van der Waals surface area contributed by atoms with Crippen LogP contribution in [0.4, 0.5) is 5.69 Å². The number of carbonyl (C=O) groups is 2. The molecule has 1 aliphatic rings. The van der Waals surface area contributed by atoms with Crippen molar-refractivity contribution >= 4 is 23.2 Å². The lowest BCUT2D eigenvalue weighted by atomic mass is 9.99. The molecule has 38 heavy (non-hydrogen) atoms. The standard InChI is InChI=1S/C32H30N4O2/c1-23(25-15-17-30(18-16-25)33-31(37)27-8-3-2-4-9-27)34-35-32(38)28-13-11-24(12-14-28)21-36-20-19-26-7-5-6-10-29(26)22-36/h2-18H,19-22H2,1H3,(H,33,37)(H,35,38). The number of rotatable bonds is 7. The first kappa shape index (κ1) is 25.1. The predicted octanol–water partition coefficient (Wildman–Crippen LogP) is 5.65. The summed E-state index contributed by atoms with van der Waals surface area (Å²) in [5.74, 6) is -0.419. The second kappa shape index (κ2) is 11.7. The van der Waals surface area contributed by atoms with Gasteiger partial charge in [-0.1, -0.05) is 66.7 Å². The molecule has 0 bridgehead atoms. The van der Waals surface area contributed by atoms with E-state index in [-0.39, 0.29) is 11.8 Å². The Morgan fingerprint density at radius 1 is 0.737 bits per heavy atom. The number of hydrazone groups is 1. The zero-order valence-electron chi connectivity index (χ0n) is 21.4. The lowest BCUT2D eigenvalue weighted by Gasteiger charge is -2.28. The molecule has 4 aromatic rings. The molecule has 0 spiro atoms. The highest BCUT2D eigenvalue weighted by atomic mass is 16.2. The molecule has 1 aliphatic heterocycles. The molecule has 0 aromatic heterocycles. The molecule has 0 unspecified atom stereocenters. The SMILES string of the molecule is CC(=NNC(=O)c1ccc(CN2CCc3ccccc3C2)cc1)c1ccc(NC(=O)c2ccccc2)cc1. The summed E-state index contributed by atoms with van der Waals surface area (Å²) in [6.07, 6.45) is 1.07. The molecule has 2 amide bonds. The number of carbonyl (C=O) groups excluding carboxylic acids is 2. The van der Waals surface area contributed by atoms with Gasteiger partial charge in [0.05, 0.1) is 5.71 Å². The summed E-state index contributed by atoms with van der Waals surface area (Å²) in [6.45, 7) is 4.67. The van der Waals surface area contributed by atoms with Crippen molar-refractivity contribution in [3.63, 3.8) is 0 Å². The second-order valence-corrected chi connectivity index (χ2v) is 9.46. The summed E-state index contributed by atoms with van der Waals surface area (Å²) in [7, 11) is 0. The van der Waals surface area contributed by atoms with Gasteiger partial charge in [-0.15, -0.1) is 0 Å². The Labute approximate surface area is 223 Å². The third-order valence-electron chi connectivity index (χ3n) is 6.75. The quantitative estimate of drug-likeness (QED) is 0.253. The van der Waals surface area contributed by atoms with Gasteiger partial charge in [-0.25, -0.2) is 5.43 Å². The van der Waals surface area contributed by atoms with Crippen LogP contribution in [0.5, 0.6) is 0 Å². The average molecular weight is 503 g/mol. The van der Waals surface area contributed by atoms with E-state index in [4.69, 9.17) is 0 Å². The Bertz CT molecular complexity index is 1450. The third-order valence-corrected chi connectivity index (χ3v) is 6.75. The lowest BCUT2D eigenvalue weighted by molar-refractivity contribution is 0.0954. The molecule has 190 valence electrons. The van der Waals surface area contributed by atoms with Crippen LogP contribution in [0.3, 0.4) is 0 Å². The number of benzene rings is 4. The van der Waals surface area contributed by atoms with Crippen LogP contribution >= 0.6 is 0 Å². The maximum absolute atomic E-state index is 12.7. The fourth-order valence-electron chi connectivity index (χ4n) is 4.56. The van der Waals surface area contributed by atoms with Crippen molar-refractivity contribution < 1.29 is 9.59 Å². The van der Waals surface area contributed by atoms with E-state index in [2.05, 4.69) is 45.0 Å². The van der Waals surface area contributed by atoms with Gasteiger partial charge in [0.1, 0.15) is 0 Å². The normalized spacial score (nSPS) is 13.4. The molecule has 0 radical (unpaired) electrons. The van der Waals surface area contributed by atoms with E-state index < -0.39 is 0 Å². The summed E-state index contributed by atoms with van der Waals surface area (Å²) in [5, 5.41) is 7.15. The van der Waals surface area contributed by atoms with Crippen LogP contribution in [0.2, 0.25) is 0 Å². The van der Waals surface area contributed by atoms with Crippen molar-refractivity contribution in [1.29, 1.82) is 0 Å². The van der Waals surface area contributed by atoms with Crippen LogP contribution in [0, 0.1) is 0 Å². The van der Waals surface area contributed by atoms with Gasteiger partial charge in [0, 0.05) is 36.4 Å². The molecule has 6 heteroatoms. The number of nitrogens with zero attached hydrogens (tertiary/aromatic N) is 2. The van der Waals surface area contributed by atoms with Crippen molar-refractivity contribution in [3.05, 3.63) is 137 Å². The molecule has 4 aromatic carbocycles. The molecule has 0 saturated carbocycles. The Kier molecular flexibility index (Phi) is 7.71. The smallest absolute Gasteiger partial charge is 0.271 e. The van der Waals surface area contributed by atoms with Crippen LogP contribution < -0.4 is 10.7 Å². The summed E-state index contributed by atoms with van der Waals surface area (Å²) in [6, 6.07) is 32.7. The molecule has 0 aliphatic carbocycles. The Hall–Kier alpha value is -4.55. The molecular formula is C32H30N4O2. The van der Waals surface area contributed by atoms with Crippen molar-refractivity contribution in [1.82, 2.24) is 10.3 Å². The van der Waals surface area contributed by atoms with E-state index >= 15 is 0 Å². The lowest BCUT2D eigenvalue weighted by Crippen LogP contribution is -2.30. The fraction of sp³-hybridized carbons (Fsp3) is 0.156. The van der Waals surface area contributed by atoms with Gasteiger partial charge in [0.25, 0.3) is 11.8 Å². The minimum atomic E-state index is -0.255. The minimum Gasteiger partial charge on any atom is -0.322 e. The molecule has 0 fully saturated rings. The van der Waals surface area contributed by atoms with Crippen molar-refractivity contribution in [3.8, 4) is 0 Å². The Morgan fingerprint density at radius 3 is 2.11 bits per heavy atom. The number of nitrogens with one attached hydrogen (secondary N) is 2. The maximum Gasteiger partial charge on any atom is 0.271 e. The molecule has 6 nitrogen and oxygen atoms in total. The topological polar surface area (TPSA) is 73.8 Å².